The van der Waals surface area contributed by atoms with Gasteiger partial charge in [0, 0.05) is 33.4 Å². The Kier molecular flexibility index (Phi) is 10.4. The Hall–Kier alpha value is -7.44. The maximum atomic E-state index is 5.40. The molecule has 0 saturated carbocycles. The lowest BCUT2D eigenvalue weighted by atomic mass is 9.90. The number of aromatic nitrogens is 6. The first-order valence-electron chi connectivity index (χ1n) is 22.9. The van der Waals surface area contributed by atoms with Gasteiger partial charge in [0.2, 0.25) is 0 Å². The summed E-state index contributed by atoms with van der Waals surface area (Å²) in [6, 6.07) is 39.6. The number of rotatable bonds is 6. The first-order valence-corrected chi connectivity index (χ1v) is 22.9. The summed E-state index contributed by atoms with van der Waals surface area (Å²) in [5, 5.41) is 6.49. The Morgan fingerprint density at radius 3 is 0.682 bits per heavy atom. The Balaban J connectivity index is 1.28. The fourth-order valence-corrected chi connectivity index (χ4v) is 10.9. The highest BCUT2D eigenvalue weighted by Gasteiger charge is 2.24. The van der Waals surface area contributed by atoms with Crippen molar-refractivity contribution in [3.8, 4) is 68.3 Å². The van der Waals surface area contributed by atoms with E-state index in [2.05, 4.69) is 192 Å². The fraction of sp³-hybridized carbons (Fsp3) is 0.200. The molecule has 0 fully saturated rings. The molecule has 10 rings (SSSR count). The zero-order chi connectivity index (χ0) is 46.3. The number of benzene rings is 8. The Labute approximate surface area is 388 Å². The first-order chi connectivity index (χ1) is 31.6. The maximum absolute atomic E-state index is 5.40. The molecule has 0 atom stereocenters. The molecule has 66 heavy (non-hydrogen) atoms. The third-order valence-corrected chi connectivity index (χ3v) is 13.2. The first kappa shape index (κ1) is 42.5. The molecule has 6 heteroatoms. The molecule has 8 aromatic carbocycles. The summed E-state index contributed by atoms with van der Waals surface area (Å²) >= 11 is 0. The van der Waals surface area contributed by atoms with E-state index in [9.17, 15) is 0 Å². The zero-order valence-electron chi connectivity index (χ0n) is 40.1. The molecule has 0 N–H and O–H groups in total. The number of nitrogens with zero attached hydrogens (tertiary/aromatic N) is 6. The van der Waals surface area contributed by atoms with Gasteiger partial charge in [-0.1, -0.05) is 119 Å². The van der Waals surface area contributed by atoms with Crippen LogP contribution in [0.4, 0.5) is 0 Å². The van der Waals surface area contributed by atoms with E-state index in [4.69, 9.17) is 29.9 Å². The molecule has 0 saturated heterocycles. The zero-order valence-corrected chi connectivity index (χ0v) is 40.1. The van der Waals surface area contributed by atoms with Crippen molar-refractivity contribution >= 4 is 32.3 Å². The van der Waals surface area contributed by atoms with Crippen LogP contribution in [0.15, 0.2) is 109 Å². The van der Waals surface area contributed by atoms with Gasteiger partial charge in [0.25, 0.3) is 0 Å². The van der Waals surface area contributed by atoms with Gasteiger partial charge in [-0.15, -0.1) is 0 Å². The second-order valence-electron chi connectivity index (χ2n) is 18.7. The molecule has 0 aliphatic heterocycles. The van der Waals surface area contributed by atoms with Crippen LogP contribution in [-0.2, 0) is 0 Å². The van der Waals surface area contributed by atoms with Crippen LogP contribution < -0.4 is 0 Å². The van der Waals surface area contributed by atoms with E-state index in [0.717, 1.165) is 110 Å². The third-order valence-electron chi connectivity index (χ3n) is 13.2. The summed E-state index contributed by atoms with van der Waals surface area (Å²) in [5.74, 6) is 3.97. The van der Waals surface area contributed by atoms with Gasteiger partial charge in [-0.2, -0.15) is 0 Å². The molecule has 324 valence electrons. The van der Waals surface area contributed by atoms with Crippen LogP contribution in [0.2, 0.25) is 0 Å². The summed E-state index contributed by atoms with van der Waals surface area (Å²) in [6.45, 7) is 25.8. The van der Waals surface area contributed by atoms with Crippen LogP contribution in [0.3, 0.4) is 0 Å². The van der Waals surface area contributed by atoms with Crippen molar-refractivity contribution in [3.05, 3.63) is 176 Å². The lowest BCUT2D eigenvalue weighted by Gasteiger charge is -2.18. The number of aryl methyl sites for hydroxylation is 12. The lowest BCUT2D eigenvalue weighted by Crippen LogP contribution is -2.05. The van der Waals surface area contributed by atoms with Crippen molar-refractivity contribution in [2.75, 3.05) is 0 Å². The minimum Gasteiger partial charge on any atom is -0.208 e. The molecule has 10 aromatic rings. The van der Waals surface area contributed by atoms with Gasteiger partial charge in [-0.3, -0.25) is 0 Å². The van der Waals surface area contributed by atoms with Crippen molar-refractivity contribution in [2.45, 2.75) is 83.1 Å². The Morgan fingerprint density at radius 1 is 0.227 bits per heavy atom. The van der Waals surface area contributed by atoms with Gasteiger partial charge >= 0.3 is 0 Å². The molecule has 0 radical (unpaired) electrons. The highest BCUT2D eigenvalue weighted by molar-refractivity contribution is 6.23. The van der Waals surface area contributed by atoms with Crippen molar-refractivity contribution in [1.29, 1.82) is 0 Å². The third kappa shape index (κ3) is 7.31. The molecule has 0 unspecified atom stereocenters. The van der Waals surface area contributed by atoms with Crippen molar-refractivity contribution in [3.63, 3.8) is 0 Å². The van der Waals surface area contributed by atoms with Crippen LogP contribution in [0.1, 0.15) is 66.8 Å². The molecule has 2 aromatic heterocycles. The van der Waals surface area contributed by atoms with Gasteiger partial charge < -0.3 is 0 Å². The quantitative estimate of drug-likeness (QED) is 0.155. The summed E-state index contributed by atoms with van der Waals surface area (Å²) in [6.07, 6.45) is 0. The van der Waals surface area contributed by atoms with Gasteiger partial charge in [-0.25, -0.2) is 29.9 Å². The van der Waals surface area contributed by atoms with E-state index in [1.165, 1.54) is 22.3 Å². The molecule has 0 aliphatic carbocycles. The predicted molar refractivity (Wildman–Crippen MR) is 275 cm³/mol. The highest BCUT2D eigenvalue weighted by atomic mass is 15.0. The number of hydrogen-bond donors (Lipinski definition) is 0. The Morgan fingerprint density at radius 2 is 0.439 bits per heavy atom. The predicted octanol–water partition coefficient (Wildman–Crippen LogP) is 15.2. The largest absolute Gasteiger partial charge is 0.208 e. The summed E-state index contributed by atoms with van der Waals surface area (Å²) < 4.78 is 0. The molecule has 2 heterocycles. The SMILES string of the molecule is Cc1cc(C)c(-c2nc(-c3c(C)cc(C)cc3C)nc(-c3cc4c5ccccc5c(-c5nc(-c6c(C)cc(C)cc6C)nc(-c6c(C)cc(C)cc6C)n5)cc4c4ccccc34)n2)c(C)c1. The molecular weight excluding hydrogens is 805 g/mol. The van der Waals surface area contributed by atoms with E-state index in [1.54, 1.807) is 0 Å². The standard InChI is InChI=1S/C60H54N6/c1-31-21-35(5)51(36(6)22-31)57-61-55(62-58(65-57)52-37(7)23-32(2)24-38(52)8)49-29-47-44-18-14-16-20-46(44)50(30-48(47)43-17-13-15-19-45(43)49)56-63-59(53-39(9)25-33(3)26-40(53)10)66-60(64-56)54-41(11)27-34(4)28-42(54)12/h13-30H,1-12H3. The van der Waals surface area contributed by atoms with Gasteiger partial charge in [0.1, 0.15) is 0 Å². The normalized spacial score (nSPS) is 11.6. The van der Waals surface area contributed by atoms with Crippen molar-refractivity contribution in [1.82, 2.24) is 29.9 Å². The van der Waals surface area contributed by atoms with E-state index < -0.39 is 0 Å². The van der Waals surface area contributed by atoms with E-state index >= 15 is 0 Å². The van der Waals surface area contributed by atoms with Crippen LogP contribution in [-0.4, -0.2) is 29.9 Å². The summed E-state index contributed by atoms with van der Waals surface area (Å²) in [7, 11) is 0. The average Bonchev–Trinajstić information content (AvgIpc) is 3.24. The minimum absolute atomic E-state index is 0.638. The van der Waals surface area contributed by atoms with Crippen LogP contribution in [0.25, 0.3) is 101 Å². The lowest BCUT2D eigenvalue weighted by molar-refractivity contribution is 1.06. The summed E-state index contributed by atoms with van der Waals surface area (Å²) in [4.78, 5) is 32.2. The van der Waals surface area contributed by atoms with E-state index in [0.29, 0.717) is 34.9 Å². The van der Waals surface area contributed by atoms with Crippen LogP contribution >= 0.6 is 0 Å². The molecule has 6 nitrogen and oxygen atoms in total. The van der Waals surface area contributed by atoms with Gasteiger partial charge in [-0.05, 0) is 172 Å². The molecule has 0 aliphatic rings. The monoisotopic (exact) mass is 858 g/mol. The van der Waals surface area contributed by atoms with Crippen LogP contribution in [0, 0.1) is 83.1 Å². The average molecular weight is 859 g/mol. The summed E-state index contributed by atoms with van der Waals surface area (Å²) in [5.41, 5.74) is 20.0. The second kappa shape index (κ2) is 16.2. The van der Waals surface area contributed by atoms with Gasteiger partial charge in [0.05, 0.1) is 0 Å². The smallest absolute Gasteiger partial charge is 0.164 e. The topological polar surface area (TPSA) is 77.3 Å². The highest BCUT2D eigenvalue weighted by Crippen LogP contribution is 2.43. The maximum Gasteiger partial charge on any atom is 0.164 e. The van der Waals surface area contributed by atoms with Crippen molar-refractivity contribution < 1.29 is 0 Å². The molecule has 0 spiro atoms. The molecule has 0 amide bonds. The molecule has 0 bridgehead atoms. The van der Waals surface area contributed by atoms with Gasteiger partial charge in [0.15, 0.2) is 34.9 Å². The number of fused-ring (bicyclic) bond motifs is 5. The van der Waals surface area contributed by atoms with E-state index in [1.807, 2.05) is 0 Å². The fourth-order valence-electron chi connectivity index (χ4n) is 10.9. The van der Waals surface area contributed by atoms with Crippen LogP contribution in [0.5, 0.6) is 0 Å². The second-order valence-corrected chi connectivity index (χ2v) is 18.7. The molecular formula is C60H54N6. The minimum atomic E-state index is 0.638. The van der Waals surface area contributed by atoms with E-state index in [-0.39, 0.29) is 0 Å². The van der Waals surface area contributed by atoms with Crippen molar-refractivity contribution in [2.24, 2.45) is 0 Å². The number of hydrogen-bond acceptors (Lipinski definition) is 6. The Bertz CT molecular complexity index is 3190.